The van der Waals surface area contributed by atoms with Crippen molar-refractivity contribution in [1.29, 1.82) is 0 Å². The molecule has 7 nitrogen and oxygen atoms in total. The summed E-state index contributed by atoms with van der Waals surface area (Å²) in [6, 6.07) is 9.50. The van der Waals surface area contributed by atoms with Crippen molar-refractivity contribution in [2.45, 2.75) is 26.9 Å². The number of benzene rings is 2. The molecule has 0 atom stereocenters. The summed E-state index contributed by atoms with van der Waals surface area (Å²) in [6.45, 7) is 3.85. The van der Waals surface area contributed by atoms with Gasteiger partial charge in [-0.25, -0.2) is 4.39 Å². The maximum atomic E-state index is 14.7. The average molecular weight is 456 g/mol. The summed E-state index contributed by atoms with van der Waals surface area (Å²) in [6.07, 6.45) is 1.69. The summed E-state index contributed by atoms with van der Waals surface area (Å²) in [7, 11) is 1.81. The Bertz CT molecular complexity index is 1210. The van der Waals surface area contributed by atoms with Crippen LogP contribution in [0.5, 0.6) is 0 Å². The SMILES string of the molecule is CC(C)C(=O)NCc1ccc(C(=O)N2Cc3cnn(C)c3Nc3cc(Cl)ccc32)cc1F. The number of fused-ring (bicyclic) bond motifs is 2. The van der Waals surface area contributed by atoms with Gasteiger partial charge in [0.1, 0.15) is 11.6 Å². The molecule has 0 fully saturated rings. The number of halogens is 2. The van der Waals surface area contributed by atoms with E-state index in [2.05, 4.69) is 15.7 Å². The Labute approximate surface area is 190 Å². The largest absolute Gasteiger partial charge is 0.352 e. The van der Waals surface area contributed by atoms with Gasteiger partial charge in [-0.05, 0) is 30.3 Å². The van der Waals surface area contributed by atoms with Gasteiger partial charge >= 0.3 is 0 Å². The van der Waals surface area contributed by atoms with Gasteiger partial charge in [0.15, 0.2) is 0 Å². The van der Waals surface area contributed by atoms with Crippen LogP contribution in [0.4, 0.5) is 21.6 Å². The Balaban J connectivity index is 1.65. The van der Waals surface area contributed by atoms with Crippen LogP contribution in [0, 0.1) is 11.7 Å². The van der Waals surface area contributed by atoms with Crippen molar-refractivity contribution in [2.75, 3.05) is 10.2 Å². The molecule has 2 heterocycles. The smallest absolute Gasteiger partial charge is 0.258 e. The number of aromatic nitrogens is 2. The summed E-state index contributed by atoms with van der Waals surface area (Å²) in [5.41, 5.74) is 2.62. The lowest BCUT2D eigenvalue weighted by Crippen LogP contribution is -2.30. The first-order valence-corrected chi connectivity index (χ1v) is 10.6. The van der Waals surface area contributed by atoms with Gasteiger partial charge in [-0.3, -0.25) is 14.3 Å². The molecule has 1 aliphatic rings. The predicted octanol–water partition coefficient (Wildman–Crippen LogP) is 4.39. The van der Waals surface area contributed by atoms with E-state index in [0.717, 1.165) is 11.4 Å². The number of nitrogens with one attached hydrogen (secondary N) is 2. The van der Waals surface area contributed by atoms with Gasteiger partial charge in [0.25, 0.3) is 5.91 Å². The molecule has 0 bridgehead atoms. The van der Waals surface area contributed by atoms with E-state index in [1.165, 1.54) is 12.1 Å². The minimum Gasteiger partial charge on any atom is -0.352 e. The lowest BCUT2D eigenvalue weighted by atomic mass is 10.1. The fraction of sp³-hybridized carbons (Fsp3) is 0.261. The molecule has 4 rings (SSSR count). The number of nitrogens with zero attached hydrogens (tertiary/aromatic N) is 3. The highest BCUT2D eigenvalue weighted by Crippen LogP contribution is 2.38. The molecule has 0 aliphatic carbocycles. The summed E-state index contributed by atoms with van der Waals surface area (Å²) in [5.74, 6) is -0.508. The zero-order chi connectivity index (χ0) is 23.0. The fourth-order valence-corrected chi connectivity index (χ4v) is 3.71. The number of hydrogen-bond acceptors (Lipinski definition) is 4. The van der Waals surface area contributed by atoms with Gasteiger partial charge in [-0.15, -0.1) is 0 Å². The quantitative estimate of drug-likeness (QED) is 0.611. The van der Waals surface area contributed by atoms with Crippen LogP contribution in [-0.2, 0) is 24.9 Å². The van der Waals surface area contributed by atoms with E-state index in [-0.39, 0.29) is 36.4 Å². The van der Waals surface area contributed by atoms with Crippen LogP contribution >= 0.6 is 11.6 Å². The number of amides is 2. The van der Waals surface area contributed by atoms with Crippen molar-refractivity contribution in [2.24, 2.45) is 13.0 Å². The summed E-state index contributed by atoms with van der Waals surface area (Å²) >= 11 is 6.18. The maximum absolute atomic E-state index is 14.7. The van der Waals surface area contributed by atoms with Crippen LogP contribution in [0.2, 0.25) is 5.02 Å². The highest BCUT2D eigenvalue weighted by atomic mass is 35.5. The van der Waals surface area contributed by atoms with Gasteiger partial charge in [0, 0.05) is 41.2 Å². The molecule has 9 heteroatoms. The molecular formula is C23H23ClFN5O2. The average Bonchev–Trinajstić information content (AvgIpc) is 3.00. The monoisotopic (exact) mass is 455 g/mol. The van der Waals surface area contributed by atoms with Crippen LogP contribution in [0.1, 0.15) is 35.3 Å². The van der Waals surface area contributed by atoms with E-state index in [1.807, 2.05) is 0 Å². The van der Waals surface area contributed by atoms with E-state index < -0.39 is 5.82 Å². The van der Waals surface area contributed by atoms with Crippen LogP contribution in [0.3, 0.4) is 0 Å². The number of rotatable bonds is 4. The maximum Gasteiger partial charge on any atom is 0.258 e. The molecule has 166 valence electrons. The van der Waals surface area contributed by atoms with E-state index >= 15 is 0 Å². The van der Waals surface area contributed by atoms with Crippen LogP contribution in [0.25, 0.3) is 0 Å². The second-order valence-corrected chi connectivity index (χ2v) is 8.43. The molecule has 0 saturated carbocycles. The fourth-order valence-electron chi connectivity index (χ4n) is 3.53. The first kappa shape index (κ1) is 21.8. The Morgan fingerprint density at radius 1 is 1.25 bits per heavy atom. The molecule has 32 heavy (non-hydrogen) atoms. The van der Waals surface area contributed by atoms with Gasteiger partial charge in [-0.2, -0.15) is 5.10 Å². The van der Waals surface area contributed by atoms with Crippen molar-refractivity contribution in [3.05, 3.63) is 70.1 Å². The third kappa shape index (κ3) is 4.18. The number of hydrogen-bond donors (Lipinski definition) is 2. The molecular weight excluding hydrogens is 433 g/mol. The van der Waals surface area contributed by atoms with Crippen LogP contribution < -0.4 is 15.5 Å². The molecule has 2 N–H and O–H groups in total. The highest BCUT2D eigenvalue weighted by molar-refractivity contribution is 6.31. The molecule has 2 amide bonds. The third-order valence-electron chi connectivity index (χ3n) is 5.37. The minimum absolute atomic E-state index is 0.0608. The normalized spacial score (nSPS) is 12.6. The second-order valence-electron chi connectivity index (χ2n) is 8.00. The first-order valence-electron chi connectivity index (χ1n) is 10.2. The topological polar surface area (TPSA) is 79.3 Å². The summed E-state index contributed by atoms with van der Waals surface area (Å²) in [4.78, 5) is 26.8. The second kappa shape index (κ2) is 8.63. The van der Waals surface area contributed by atoms with Crippen molar-refractivity contribution in [3.8, 4) is 0 Å². The molecule has 0 radical (unpaired) electrons. The molecule has 3 aromatic rings. The summed E-state index contributed by atoms with van der Waals surface area (Å²) < 4.78 is 16.4. The van der Waals surface area contributed by atoms with Gasteiger partial charge in [0.2, 0.25) is 5.91 Å². The number of anilines is 3. The standard InChI is InChI=1S/C23H23ClFN5O2/c1-13(2)22(31)26-10-15-5-4-14(8-18(15)25)23(32)30-12-16-11-27-29(3)21(16)28-19-9-17(24)6-7-20(19)30/h4-9,11,13,28H,10,12H2,1-3H3,(H,26,31). The molecule has 2 aromatic carbocycles. The highest BCUT2D eigenvalue weighted by Gasteiger charge is 2.27. The van der Waals surface area contributed by atoms with E-state index in [0.29, 0.717) is 22.0 Å². The molecule has 0 saturated heterocycles. The third-order valence-corrected chi connectivity index (χ3v) is 5.60. The number of carbonyl (C=O) groups is 2. The molecule has 1 aromatic heterocycles. The predicted molar refractivity (Wildman–Crippen MR) is 122 cm³/mol. The van der Waals surface area contributed by atoms with Gasteiger partial charge in [0.05, 0.1) is 24.1 Å². The Morgan fingerprint density at radius 3 is 2.75 bits per heavy atom. The molecule has 1 aliphatic heterocycles. The Morgan fingerprint density at radius 2 is 2.03 bits per heavy atom. The van der Waals surface area contributed by atoms with Crippen molar-refractivity contribution < 1.29 is 14.0 Å². The number of carbonyl (C=O) groups excluding carboxylic acids is 2. The molecule has 0 unspecified atom stereocenters. The number of aryl methyl sites for hydroxylation is 1. The van der Waals surface area contributed by atoms with Crippen molar-refractivity contribution >= 4 is 40.6 Å². The first-order chi connectivity index (χ1) is 15.2. The van der Waals surface area contributed by atoms with Gasteiger partial charge in [-0.1, -0.05) is 31.5 Å². The lowest BCUT2D eigenvalue weighted by Gasteiger charge is -2.23. The van der Waals surface area contributed by atoms with E-state index in [1.54, 1.807) is 60.9 Å². The Kier molecular flexibility index (Phi) is 5.88. The van der Waals surface area contributed by atoms with Crippen LogP contribution in [0.15, 0.2) is 42.6 Å². The minimum atomic E-state index is -0.550. The summed E-state index contributed by atoms with van der Waals surface area (Å²) in [5, 5.41) is 10.8. The zero-order valence-electron chi connectivity index (χ0n) is 17.9. The zero-order valence-corrected chi connectivity index (χ0v) is 18.7. The van der Waals surface area contributed by atoms with Crippen molar-refractivity contribution in [1.82, 2.24) is 15.1 Å². The van der Waals surface area contributed by atoms with Gasteiger partial charge < -0.3 is 15.5 Å². The van der Waals surface area contributed by atoms with E-state index in [9.17, 15) is 14.0 Å². The van der Waals surface area contributed by atoms with Crippen molar-refractivity contribution in [3.63, 3.8) is 0 Å². The van der Waals surface area contributed by atoms with Crippen LogP contribution in [-0.4, -0.2) is 21.6 Å². The van der Waals surface area contributed by atoms with E-state index in [4.69, 9.17) is 11.6 Å². The Hall–Kier alpha value is -3.39. The lowest BCUT2D eigenvalue weighted by molar-refractivity contribution is -0.124. The molecule has 0 spiro atoms.